The molecule has 2 aromatic carbocycles. The Balaban J connectivity index is 2.51. The molecular formula is C13H6BrCl2FO. The number of benzene rings is 2. The third-order valence-corrected chi connectivity index (χ3v) is 3.73. The molecular weight excluding hydrogens is 342 g/mol. The molecule has 0 radical (unpaired) electrons. The van der Waals surface area contributed by atoms with Crippen LogP contribution in [-0.4, -0.2) is 5.78 Å². The molecule has 92 valence electrons. The van der Waals surface area contributed by atoms with Crippen molar-refractivity contribution in [2.75, 3.05) is 0 Å². The van der Waals surface area contributed by atoms with Gasteiger partial charge in [-0.1, -0.05) is 29.3 Å². The summed E-state index contributed by atoms with van der Waals surface area (Å²) in [6.07, 6.45) is 0. The standard InChI is InChI=1S/C13H6BrCl2FO/c14-12-9(2-1-3-11(12)17)13(18)8-5-4-7(15)6-10(8)16/h1-6H. The van der Waals surface area contributed by atoms with Gasteiger partial charge < -0.3 is 0 Å². The van der Waals surface area contributed by atoms with E-state index in [1.165, 1.54) is 30.3 Å². The molecule has 2 rings (SSSR count). The summed E-state index contributed by atoms with van der Waals surface area (Å²) in [6, 6.07) is 8.82. The molecule has 0 bridgehead atoms. The van der Waals surface area contributed by atoms with Crippen LogP contribution in [0, 0.1) is 5.82 Å². The Labute approximate surface area is 122 Å². The topological polar surface area (TPSA) is 17.1 Å². The largest absolute Gasteiger partial charge is 0.289 e. The summed E-state index contributed by atoms with van der Waals surface area (Å²) in [5.41, 5.74) is 0.506. The Kier molecular flexibility index (Phi) is 4.05. The van der Waals surface area contributed by atoms with Crippen LogP contribution in [-0.2, 0) is 0 Å². The molecule has 0 saturated carbocycles. The highest BCUT2D eigenvalue weighted by atomic mass is 79.9. The smallest absolute Gasteiger partial charge is 0.195 e. The molecule has 0 aliphatic carbocycles. The third kappa shape index (κ3) is 2.58. The maximum Gasteiger partial charge on any atom is 0.195 e. The first-order valence-electron chi connectivity index (χ1n) is 4.94. The van der Waals surface area contributed by atoms with Crippen molar-refractivity contribution in [3.63, 3.8) is 0 Å². The van der Waals surface area contributed by atoms with Crippen molar-refractivity contribution < 1.29 is 9.18 Å². The monoisotopic (exact) mass is 346 g/mol. The van der Waals surface area contributed by atoms with Crippen LogP contribution in [0.15, 0.2) is 40.9 Å². The lowest BCUT2D eigenvalue weighted by atomic mass is 10.0. The van der Waals surface area contributed by atoms with E-state index in [0.29, 0.717) is 5.02 Å². The minimum Gasteiger partial charge on any atom is -0.289 e. The summed E-state index contributed by atoms with van der Waals surface area (Å²) >= 11 is 14.8. The summed E-state index contributed by atoms with van der Waals surface area (Å²) < 4.78 is 13.5. The molecule has 0 heterocycles. The molecule has 0 aliphatic rings. The van der Waals surface area contributed by atoms with Gasteiger partial charge in [-0.15, -0.1) is 0 Å². The lowest BCUT2D eigenvalue weighted by molar-refractivity contribution is 0.103. The molecule has 5 heteroatoms. The average molecular weight is 348 g/mol. The lowest BCUT2D eigenvalue weighted by Gasteiger charge is -2.06. The van der Waals surface area contributed by atoms with Crippen LogP contribution in [0.25, 0.3) is 0 Å². The van der Waals surface area contributed by atoms with Gasteiger partial charge in [-0.05, 0) is 46.3 Å². The van der Waals surface area contributed by atoms with E-state index in [1.54, 1.807) is 6.07 Å². The van der Waals surface area contributed by atoms with Gasteiger partial charge in [0.15, 0.2) is 5.78 Å². The summed E-state index contributed by atoms with van der Waals surface area (Å²) in [6.45, 7) is 0. The zero-order valence-electron chi connectivity index (χ0n) is 8.88. The van der Waals surface area contributed by atoms with Crippen molar-refractivity contribution in [2.45, 2.75) is 0 Å². The number of hydrogen-bond acceptors (Lipinski definition) is 1. The van der Waals surface area contributed by atoms with Crippen LogP contribution in [0.5, 0.6) is 0 Å². The highest BCUT2D eigenvalue weighted by Gasteiger charge is 2.17. The maximum absolute atomic E-state index is 13.4. The molecule has 0 unspecified atom stereocenters. The van der Waals surface area contributed by atoms with E-state index >= 15 is 0 Å². The van der Waals surface area contributed by atoms with Crippen LogP contribution >= 0.6 is 39.1 Å². The summed E-state index contributed by atoms with van der Waals surface area (Å²) in [7, 11) is 0. The Morgan fingerprint density at radius 1 is 1.11 bits per heavy atom. The van der Waals surface area contributed by atoms with E-state index in [9.17, 15) is 9.18 Å². The number of rotatable bonds is 2. The van der Waals surface area contributed by atoms with Gasteiger partial charge in [-0.3, -0.25) is 4.79 Å². The SMILES string of the molecule is O=C(c1ccc(Cl)cc1Cl)c1cccc(F)c1Br. The number of halogens is 4. The van der Waals surface area contributed by atoms with Crippen molar-refractivity contribution in [1.82, 2.24) is 0 Å². The van der Waals surface area contributed by atoms with Crippen LogP contribution < -0.4 is 0 Å². The van der Waals surface area contributed by atoms with Gasteiger partial charge in [-0.25, -0.2) is 4.39 Å². The van der Waals surface area contributed by atoms with Crippen LogP contribution in [0.1, 0.15) is 15.9 Å². The zero-order valence-corrected chi connectivity index (χ0v) is 12.0. The molecule has 0 fully saturated rings. The van der Waals surface area contributed by atoms with E-state index in [-0.39, 0.29) is 26.4 Å². The van der Waals surface area contributed by atoms with Crippen LogP contribution in [0.4, 0.5) is 4.39 Å². The maximum atomic E-state index is 13.4. The first-order chi connectivity index (χ1) is 8.50. The molecule has 0 N–H and O–H groups in total. The normalized spacial score (nSPS) is 10.4. The van der Waals surface area contributed by atoms with Crippen LogP contribution in [0.2, 0.25) is 10.0 Å². The van der Waals surface area contributed by atoms with Crippen molar-refractivity contribution >= 4 is 44.9 Å². The number of carbonyl (C=O) groups is 1. The van der Waals surface area contributed by atoms with Gasteiger partial charge >= 0.3 is 0 Å². The number of ketones is 1. The second kappa shape index (κ2) is 5.39. The molecule has 0 atom stereocenters. The summed E-state index contributed by atoms with van der Waals surface area (Å²) in [5, 5.41) is 0.679. The Morgan fingerprint density at radius 2 is 1.83 bits per heavy atom. The minimum absolute atomic E-state index is 0.126. The van der Waals surface area contributed by atoms with Gasteiger partial charge in [0, 0.05) is 16.1 Å². The van der Waals surface area contributed by atoms with Crippen molar-refractivity contribution in [2.24, 2.45) is 0 Å². The summed E-state index contributed by atoms with van der Waals surface area (Å²) in [4.78, 5) is 12.2. The number of carbonyl (C=O) groups excluding carboxylic acids is 1. The molecule has 0 amide bonds. The van der Waals surface area contributed by atoms with Gasteiger partial charge in [-0.2, -0.15) is 0 Å². The first-order valence-corrected chi connectivity index (χ1v) is 6.49. The van der Waals surface area contributed by atoms with Crippen molar-refractivity contribution in [3.05, 3.63) is 67.9 Å². The Bertz CT molecular complexity index is 628. The minimum atomic E-state index is -0.495. The van der Waals surface area contributed by atoms with Gasteiger partial charge in [0.2, 0.25) is 0 Å². The summed E-state index contributed by atoms with van der Waals surface area (Å²) in [5.74, 6) is -0.853. The molecule has 0 aromatic heterocycles. The van der Waals surface area contributed by atoms with Crippen LogP contribution in [0.3, 0.4) is 0 Å². The second-order valence-electron chi connectivity index (χ2n) is 3.55. The van der Waals surface area contributed by atoms with E-state index in [2.05, 4.69) is 15.9 Å². The second-order valence-corrected chi connectivity index (χ2v) is 5.19. The Morgan fingerprint density at radius 3 is 2.50 bits per heavy atom. The fourth-order valence-corrected chi connectivity index (χ4v) is 2.44. The van der Waals surface area contributed by atoms with Gasteiger partial charge in [0.25, 0.3) is 0 Å². The molecule has 1 nitrogen and oxygen atoms in total. The average Bonchev–Trinajstić information content (AvgIpc) is 2.32. The predicted molar refractivity (Wildman–Crippen MR) is 74.0 cm³/mol. The highest BCUT2D eigenvalue weighted by Crippen LogP contribution is 2.27. The van der Waals surface area contributed by atoms with E-state index in [1.807, 2.05) is 0 Å². The first kappa shape index (κ1) is 13.5. The van der Waals surface area contributed by atoms with E-state index < -0.39 is 5.82 Å². The zero-order chi connectivity index (χ0) is 13.3. The fourth-order valence-electron chi connectivity index (χ4n) is 1.50. The number of hydrogen-bond donors (Lipinski definition) is 0. The quantitative estimate of drug-likeness (QED) is 0.688. The molecule has 2 aromatic rings. The third-order valence-electron chi connectivity index (χ3n) is 2.37. The molecule has 0 saturated heterocycles. The fraction of sp³-hybridized carbons (Fsp3) is 0. The molecule has 18 heavy (non-hydrogen) atoms. The van der Waals surface area contributed by atoms with E-state index in [0.717, 1.165) is 0 Å². The van der Waals surface area contributed by atoms with Crippen molar-refractivity contribution in [1.29, 1.82) is 0 Å². The highest BCUT2D eigenvalue weighted by molar-refractivity contribution is 9.10. The molecule has 0 spiro atoms. The Hall–Kier alpha value is -0.900. The van der Waals surface area contributed by atoms with Gasteiger partial charge in [0.1, 0.15) is 5.82 Å². The molecule has 0 aliphatic heterocycles. The predicted octanol–water partition coefficient (Wildman–Crippen LogP) is 5.13. The van der Waals surface area contributed by atoms with E-state index in [4.69, 9.17) is 23.2 Å². The lowest BCUT2D eigenvalue weighted by Crippen LogP contribution is -2.04. The van der Waals surface area contributed by atoms with Crippen molar-refractivity contribution in [3.8, 4) is 0 Å². The van der Waals surface area contributed by atoms with Gasteiger partial charge in [0.05, 0.1) is 9.50 Å².